The van der Waals surface area contributed by atoms with Gasteiger partial charge in [-0.15, -0.1) is 0 Å². The topological polar surface area (TPSA) is 38.5 Å². The molecule has 0 saturated carbocycles. The molecule has 0 spiro atoms. The molecule has 0 aromatic rings. The molecule has 1 saturated heterocycles. The van der Waals surface area contributed by atoms with Crippen molar-refractivity contribution in [3.63, 3.8) is 0 Å². The zero-order valence-corrected chi connectivity index (χ0v) is 8.12. The van der Waals surface area contributed by atoms with Crippen molar-refractivity contribution in [2.75, 3.05) is 26.2 Å². The van der Waals surface area contributed by atoms with Crippen LogP contribution in [0.4, 0.5) is 0 Å². The Morgan fingerprint density at radius 2 is 2.33 bits per heavy atom. The summed E-state index contributed by atoms with van der Waals surface area (Å²) >= 11 is 0. The second-order valence-corrected chi connectivity index (χ2v) is 3.67. The lowest BCUT2D eigenvalue weighted by molar-refractivity contribution is 0.0563. The standard InChI is InChI=1S/C9H20N2O/c1-8(2)11-4-3-5-12-9(6-10)7-11/h8-9H,3-7,10H2,1-2H3. The van der Waals surface area contributed by atoms with Crippen LogP contribution in [0.3, 0.4) is 0 Å². The van der Waals surface area contributed by atoms with Crippen LogP contribution >= 0.6 is 0 Å². The van der Waals surface area contributed by atoms with Gasteiger partial charge in [-0.2, -0.15) is 0 Å². The van der Waals surface area contributed by atoms with Crippen molar-refractivity contribution >= 4 is 0 Å². The normalized spacial score (nSPS) is 27.5. The molecule has 0 aromatic carbocycles. The molecule has 1 rings (SSSR count). The van der Waals surface area contributed by atoms with Crippen molar-refractivity contribution in [3.05, 3.63) is 0 Å². The molecule has 0 aromatic heterocycles. The Labute approximate surface area is 74.9 Å². The quantitative estimate of drug-likeness (QED) is 0.657. The number of hydrogen-bond acceptors (Lipinski definition) is 3. The molecule has 1 fully saturated rings. The lowest BCUT2D eigenvalue weighted by Crippen LogP contribution is -2.39. The summed E-state index contributed by atoms with van der Waals surface area (Å²) in [7, 11) is 0. The van der Waals surface area contributed by atoms with Crippen molar-refractivity contribution in [1.29, 1.82) is 0 Å². The third kappa shape index (κ3) is 2.73. The van der Waals surface area contributed by atoms with E-state index in [1.54, 1.807) is 0 Å². The number of nitrogens with zero attached hydrogens (tertiary/aromatic N) is 1. The van der Waals surface area contributed by atoms with Gasteiger partial charge in [-0.05, 0) is 20.3 Å². The van der Waals surface area contributed by atoms with Crippen LogP contribution in [0.15, 0.2) is 0 Å². The lowest BCUT2D eigenvalue weighted by Gasteiger charge is -2.26. The molecule has 1 heterocycles. The summed E-state index contributed by atoms with van der Waals surface area (Å²) in [6, 6.07) is 0.612. The van der Waals surface area contributed by atoms with Crippen LogP contribution in [-0.4, -0.2) is 43.3 Å². The van der Waals surface area contributed by atoms with E-state index in [4.69, 9.17) is 10.5 Å². The summed E-state index contributed by atoms with van der Waals surface area (Å²) in [5.74, 6) is 0. The van der Waals surface area contributed by atoms with Gasteiger partial charge in [0.25, 0.3) is 0 Å². The summed E-state index contributed by atoms with van der Waals surface area (Å²) in [4.78, 5) is 2.44. The molecule has 0 amide bonds. The maximum atomic E-state index is 5.58. The summed E-state index contributed by atoms with van der Waals surface area (Å²) in [6.45, 7) is 8.09. The third-order valence-electron chi connectivity index (χ3n) is 2.37. The highest BCUT2D eigenvalue weighted by Crippen LogP contribution is 2.07. The summed E-state index contributed by atoms with van der Waals surface area (Å²) < 4.78 is 5.57. The second kappa shape index (κ2) is 4.80. The van der Waals surface area contributed by atoms with Gasteiger partial charge in [-0.3, -0.25) is 4.90 Å². The van der Waals surface area contributed by atoms with Crippen LogP contribution in [0.5, 0.6) is 0 Å². The fourth-order valence-electron chi connectivity index (χ4n) is 1.53. The Morgan fingerprint density at radius 3 is 2.92 bits per heavy atom. The zero-order chi connectivity index (χ0) is 8.97. The summed E-state index contributed by atoms with van der Waals surface area (Å²) in [5, 5.41) is 0. The third-order valence-corrected chi connectivity index (χ3v) is 2.37. The van der Waals surface area contributed by atoms with Crippen LogP contribution in [0.25, 0.3) is 0 Å². The maximum Gasteiger partial charge on any atom is 0.0824 e. The van der Waals surface area contributed by atoms with Crippen molar-refractivity contribution in [1.82, 2.24) is 4.90 Å². The Balaban J connectivity index is 2.42. The predicted molar refractivity (Wildman–Crippen MR) is 50.1 cm³/mol. The minimum Gasteiger partial charge on any atom is -0.376 e. The molecule has 3 nitrogen and oxygen atoms in total. The van der Waals surface area contributed by atoms with E-state index in [-0.39, 0.29) is 6.10 Å². The van der Waals surface area contributed by atoms with E-state index in [1.807, 2.05) is 0 Å². The first-order chi connectivity index (χ1) is 5.74. The second-order valence-electron chi connectivity index (χ2n) is 3.67. The largest absolute Gasteiger partial charge is 0.376 e. The van der Waals surface area contributed by atoms with Gasteiger partial charge in [0, 0.05) is 32.3 Å². The molecule has 0 bridgehead atoms. The highest BCUT2D eigenvalue weighted by molar-refractivity contribution is 4.72. The highest BCUT2D eigenvalue weighted by Gasteiger charge is 2.18. The summed E-state index contributed by atoms with van der Waals surface area (Å²) in [6.07, 6.45) is 1.38. The number of ether oxygens (including phenoxy) is 1. The van der Waals surface area contributed by atoms with Gasteiger partial charge in [0.1, 0.15) is 0 Å². The van der Waals surface area contributed by atoms with Gasteiger partial charge < -0.3 is 10.5 Å². The molecule has 1 aliphatic heterocycles. The zero-order valence-electron chi connectivity index (χ0n) is 8.12. The monoisotopic (exact) mass is 172 g/mol. The van der Waals surface area contributed by atoms with E-state index in [1.165, 1.54) is 0 Å². The highest BCUT2D eigenvalue weighted by atomic mass is 16.5. The number of hydrogen-bond donors (Lipinski definition) is 1. The van der Waals surface area contributed by atoms with Gasteiger partial charge in [-0.1, -0.05) is 0 Å². The van der Waals surface area contributed by atoms with Crippen LogP contribution < -0.4 is 5.73 Å². The molecule has 1 unspecified atom stereocenters. The Kier molecular flexibility index (Phi) is 3.98. The van der Waals surface area contributed by atoms with Crippen molar-refractivity contribution in [2.45, 2.75) is 32.4 Å². The predicted octanol–water partition coefficient (Wildman–Crippen LogP) is 0.444. The molecule has 3 heteroatoms. The van der Waals surface area contributed by atoms with E-state index in [9.17, 15) is 0 Å². The SMILES string of the molecule is CC(C)N1CCCOC(CN)C1. The van der Waals surface area contributed by atoms with Gasteiger partial charge in [0.05, 0.1) is 6.10 Å². The minimum absolute atomic E-state index is 0.245. The van der Waals surface area contributed by atoms with E-state index < -0.39 is 0 Å². The fraction of sp³-hybridized carbons (Fsp3) is 1.00. The molecule has 0 radical (unpaired) electrons. The average Bonchev–Trinajstić information content (AvgIpc) is 2.28. The molecule has 1 atom stereocenters. The van der Waals surface area contributed by atoms with E-state index >= 15 is 0 Å². The van der Waals surface area contributed by atoms with E-state index in [2.05, 4.69) is 18.7 Å². The Hall–Kier alpha value is -0.120. The van der Waals surface area contributed by atoms with Crippen LogP contribution in [0.1, 0.15) is 20.3 Å². The first-order valence-corrected chi connectivity index (χ1v) is 4.79. The average molecular weight is 172 g/mol. The maximum absolute atomic E-state index is 5.58. The van der Waals surface area contributed by atoms with E-state index in [0.717, 1.165) is 26.1 Å². The first kappa shape index (κ1) is 9.96. The molecule has 2 N–H and O–H groups in total. The van der Waals surface area contributed by atoms with Gasteiger partial charge >= 0.3 is 0 Å². The van der Waals surface area contributed by atoms with Crippen molar-refractivity contribution < 1.29 is 4.74 Å². The molecule has 1 aliphatic rings. The first-order valence-electron chi connectivity index (χ1n) is 4.79. The van der Waals surface area contributed by atoms with Gasteiger partial charge in [-0.25, -0.2) is 0 Å². The Bertz CT molecular complexity index is 128. The van der Waals surface area contributed by atoms with Crippen LogP contribution in [0, 0.1) is 0 Å². The fourth-order valence-corrected chi connectivity index (χ4v) is 1.53. The van der Waals surface area contributed by atoms with Crippen LogP contribution in [-0.2, 0) is 4.74 Å². The molecular formula is C9H20N2O. The van der Waals surface area contributed by atoms with E-state index in [0.29, 0.717) is 12.6 Å². The Morgan fingerprint density at radius 1 is 1.58 bits per heavy atom. The van der Waals surface area contributed by atoms with Crippen LogP contribution in [0.2, 0.25) is 0 Å². The smallest absolute Gasteiger partial charge is 0.0824 e. The summed E-state index contributed by atoms with van der Waals surface area (Å²) in [5.41, 5.74) is 5.58. The molecule has 72 valence electrons. The molecular weight excluding hydrogens is 152 g/mol. The number of rotatable bonds is 2. The molecule has 12 heavy (non-hydrogen) atoms. The molecule has 0 aliphatic carbocycles. The lowest BCUT2D eigenvalue weighted by atomic mass is 10.2. The number of nitrogens with two attached hydrogens (primary N) is 1. The van der Waals surface area contributed by atoms with Crippen molar-refractivity contribution in [2.24, 2.45) is 5.73 Å². The van der Waals surface area contributed by atoms with Gasteiger partial charge in [0.2, 0.25) is 0 Å². The minimum atomic E-state index is 0.245. The van der Waals surface area contributed by atoms with Crippen molar-refractivity contribution in [3.8, 4) is 0 Å². The van der Waals surface area contributed by atoms with Gasteiger partial charge in [0.15, 0.2) is 0 Å².